The number of carbonyl (C=O) groups is 1. The lowest BCUT2D eigenvalue weighted by Gasteiger charge is -2.27. The summed E-state index contributed by atoms with van der Waals surface area (Å²) in [6.07, 6.45) is 4.29. The van der Waals surface area contributed by atoms with Gasteiger partial charge >= 0.3 is 0 Å². The number of amides is 1. The molecule has 1 aromatic carbocycles. The van der Waals surface area contributed by atoms with E-state index in [4.69, 9.17) is 0 Å². The Morgan fingerprint density at radius 3 is 3.00 bits per heavy atom. The zero-order chi connectivity index (χ0) is 12.3. The van der Waals surface area contributed by atoms with E-state index >= 15 is 0 Å². The third-order valence-corrected chi connectivity index (χ3v) is 3.75. The average molecular weight is 231 g/mol. The number of nitrogens with one attached hydrogen (secondary N) is 1. The molecular weight excluding hydrogens is 210 g/mol. The van der Waals surface area contributed by atoms with Crippen LogP contribution in [0.5, 0.6) is 0 Å². The van der Waals surface area contributed by atoms with Gasteiger partial charge in [0.05, 0.1) is 6.04 Å². The van der Waals surface area contributed by atoms with Crippen LogP contribution in [0.2, 0.25) is 0 Å². The summed E-state index contributed by atoms with van der Waals surface area (Å²) in [5.41, 5.74) is 2.71. The largest absolute Gasteiger partial charge is 0.349 e. The Morgan fingerprint density at radius 2 is 2.24 bits per heavy atom. The summed E-state index contributed by atoms with van der Waals surface area (Å²) in [4.78, 5) is 11.9. The predicted molar refractivity (Wildman–Crippen MR) is 69.7 cm³/mol. The van der Waals surface area contributed by atoms with E-state index in [1.54, 1.807) is 0 Å². The lowest BCUT2D eigenvalue weighted by Crippen LogP contribution is -2.34. The summed E-state index contributed by atoms with van der Waals surface area (Å²) < 4.78 is 0. The van der Waals surface area contributed by atoms with Gasteiger partial charge in [-0.2, -0.15) is 0 Å². The van der Waals surface area contributed by atoms with Crippen molar-refractivity contribution < 1.29 is 4.79 Å². The second-order valence-electron chi connectivity index (χ2n) is 4.96. The highest BCUT2D eigenvalue weighted by atomic mass is 16.1. The molecule has 0 saturated carbocycles. The Balaban J connectivity index is 2.11. The van der Waals surface area contributed by atoms with Crippen molar-refractivity contribution in [3.63, 3.8) is 0 Å². The third-order valence-electron chi connectivity index (χ3n) is 3.75. The molecule has 17 heavy (non-hydrogen) atoms. The van der Waals surface area contributed by atoms with Crippen molar-refractivity contribution in [1.29, 1.82) is 0 Å². The maximum atomic E-state index is 11.9. The van der Waals surface area contributed by atoms with Crippen LogP contribution in [0.4, 0.5) is 0 Å². The van der Waals surface area contributed by atoms with Crippen LogP contribution in [0.3, 0.4) is 0 Å². The van der Waals surface area contributed by atoms with Crippen molar-refractivity contribution in [2.24, 2.45) is 5.92 Å². The van der Waals surface area contributed by atoms with Crippen LogP contribution in [0.1, 0.15) is 50.3 Å². The summed E-state index contributed by atoms with van der Waals surface area (Å²) in [7, 11) is 0. The van der Waals surface area contributed by atoms with Crippen LogP contribution in [0, 0.1) is 5.92 Å². The summed E-state index contributed by atoms with van der Waals surface area (Å²) in [6, 6.07) is 8.69. The van der Waals surface area contributed by atoms with E-state index < -0.39 is 0 Å². The molecule has 1 aliphatic rings. The molecule has 2 nitrogen and oxygen atoms in total. The molecule has 0 aromatic heterocycles. The van der Waals surface area contributed by atoms with E-state index in [1.165, 1.54) is 17.5 Å². The molecule has 0 fully saturated rings. The zero-order valence-electron chi connectivity index (χ0n) is 10.7. The van der Waals surface area contributed by atoms with Crippen molar-refractivity contribution in [1.82, 2.24) is 5.32 Å². The van der Waals surface area contributed by atoms with Gasteiger partial charge in [0.25, 0.3) is 0 Å². The molecular formula is C15H21NO. The lowest BCUT2D eigenvalue weighted by atomic mass is 9.87. The highest BCUT2D eigenvalue weighted by Gasteiger charge is 2.22. The minimum absolute atomic E-state index is 0.115. The van der Waals surface area contributed by atoms with Crippen LogP contribution in [0.15, 0.2) is 24.3 Å². The number of carbonyl (C=O) groups excluding carboxylic acids is 1. The van der Waals surface area contributed by atoms with Crippen molar-refractivity contribution >= 4 is 5.91 Å². The standard InChI is InChI=1S/C15H21NO/c1-3-11(2)15(17)16-14-10-6-8-12-7-4-5-9-13(12)14/h4-5,7,9,11,14H,3,6,8,10H2,1-2H3,(H,16,17). The summed E-state index contributed by atoms with van der Waals surface area (Å²) >= 11 is 0. The quantitative estimate of drug-likeness (QED) is 0.850. The fourth-order valence-corrected chi connectivity index (χ4v) is 2.40. The Morgan fingerprint density at radius 1 is 1.47 bits per heavy atom. The van der Waals surface area contributed by atoms with Gasteiger partial charge in [-0.15, -0.1) is 0 Å². The number of hydrogen-bond donors (Lipinski definition) is 1. The summed E-state index contributed by atoms with van der Waals surface area (Å²) in [6.45, 7) is 4.04. The minimum atomic E-state index is 0.115. The van der Waals surface area contributed by atoms with Gasteiger partial charge in [0.2, 0.25) is 5.91 Å². The maximum absolute atomic E-state index is 11.9. The number of aryl methyl sites for hydroxylation is 1. The molecule has 0 heterocycles. The van der Waals surface area contributed by atoms with Gasteiger partial charge in [0.1, 0.15) is 0 Å². The first-order valence-electron chi connectivity index (χ1n) is 6.60. The first-order valence-corrected chi connectivity index (χ1v) is 6.60. The third kappa shape index (κ3) is 2.68. The van der Waals surface area contributed by atoms with Crippen molar-refractivity contribution in [2.45, 2.75) is 45.6 Å². The van der Waals surface area contributed by atoms with Crippen LogP contribution in [-0.4, -0.2) is 5.91 Å². The highest BCUT2D eigenvalue weighted by molar-refractivity contribution is 5.78. The minimum Gasteiger partial charge on any atom is -0.349 e. The van der Waals surface area contributed by atoms with E-state index in [-0.39, 0.29) is 17.9 Å². The molecule has 0 saturated heterocycles. The molecule has 2 atom stereocenters. The molecule has 1 aromatic rings. The van der Waals surface area contributed by atoms with Crippen LogP contribution < -0.4 is 5.32 Å². The van der Waals surface area contributed by atoms with Crippen LogP contribution >= 0.6 is 0 Å². The molecule has 1 aliphatic carbocycles. The second-order valence-corrected chi connectivity index (χ2v) is 4.96. The number of rotatable bonds is 3. The summed E-state index contributed by atoms with van der Waals surface area (Å²) in [5.74, 6) is 0.304. The van der Waals surface area contributed by atoms with Crippen molar-refractivity contribution in [3.8, 4) is 0 Å². The molecule has 0 radical (unpaired) electrons. The van der Waals surface area contributed by atoms with Gasteiger partial charge in [-0.1, -0.05) is 38.1 Å². The normalized spacial score (nSPS) is 20.5. The Kier molecular flexibility index (Phi) is 3.82. The fourth-order valence-electron chi connectivity index (χ4n) is 2.40. The Labute approximate surface area is 103 Å². The van der Waals surface area contributed by atoms with E-state index in [0.29, 0.717) is 0 Å². The molecule has 92 valence electrons. The molecule has 1 N–H and O–H groups in total. The number of benzene rings is 1. The molecule has 1 amide bonds. The number of hydrogen-bond acceptors (Lipinski definition) is 1. The van der Waals surface area contributed by atoms with Gasteiger partial charge in [0.15, 0.2) is 0 Å². The van der Waals surface area contributed by atoms with E-state index in [2.05, 4.69) is 36.5 Å². The van der Waals surface area contributed by atoms with Gasteiger partial charge in [-0.25, -0.2) is 0 Å². The Bertz CT molecular complexity index is 400. The molecule has 0 aliphatic heterocycles. The molecule has 2 rings (SSSR count). The monoisotopic (exact) mass is 231 g/mol. The zero-order valence-corrected chi connectivity index (χ0v) is 10.7. The van der Waals surface area contributed by atoms with Gasteiger partial charge in [0, 0.05) is 5.92 Å². The maximum Gasteiger partial charge on any atom is 0.223 e. The average Bonchev–Trinajstić information content (AvgIpc) is 2.38. The topological polar surface area (TPSA) is 29.1 Å². The first kappa shape index (κ1) is 12.2. The first-order chi connectivity index (χ1) is 8.22. The van der Waals surface area contributed by atoms with Gasteiger partial charge < -0.3 is 5.32 Å². The number of fused-ring (bicyclic) bond motifs is 1. The van der Waals surface area contributed by atoms with E-state index in [0.717, 1.165) is 19.3 Å². The van der Waals surface area contributed by atoms with E-state index in [1.807, 2.05) is 6.92 Å². The fraction of sp³-hybridized carbons (Fsp3) is 0.533. The van der Waals surface area contributed by atoms with Crippen molar-refractivity contribution in [3.05, 3.63) is 35.4 Å². The van der Waals surface area contributed by atoms with Crippen LogP contribution in [-0.2, 0) is 11.2 Å². The molecule has 0 bridgehead atoms. The lowest BCUT2D eigenvalue weighted by molar-refractivity contribution is -0.125. The smallest absolute Gasteiger partial charge is 0.223 e. The second kappa shape index (κ2) is 5.35. The van der Waals surface area contributed by atoms with Crippen molar-refractivity contribution in [2.75, 3.05) is 0 Å². The van der Waals surface area contributed by atoms with Crippen LogP contribution in [0.25, 0.3) is 0 Å². The molecule has 2 heteroatoms. The Hall–Kier alpha value is -1.31. The van der Waals surface area contributed by atoms with E-state index in [9.17, 15) is 4.79 Å². The highest BCUT2D eigenvalue weighted by Crippen LogP contribution is 2.29. The predicted octanol–water partition coefficient (Wildman–Crippen LogP) is 3.23. The van der Waals surface area contributed by atoms with Gasteiger partial charge in [-0.05, 0) is 36.8 Å². The summed E-state index contributed by atoms with van der Waals surface area (Å²) in [5, 5.41) is 3.19. The molecule has 2 unspecified atom stereocenters. The van der Waals surface area contributed by atoms with Gasteiger partial charge in [-0.3, -0.25) is 4.79 Å². The molecule has 0 spiro atoms. The SMILES string of the molecule is CCC(C)C(=O)NC1CCCc2ccccc21.